The Labute approximate surface area is 263 Å². The van der Waals surface area contributed by atoms with Gasteiger partial charge in [-0.05, 0) is 41.0 Å². The highest BCUT2D eigenvalue weighted by molar-refractivity contribution is 7.98. The van der Waals surface area contributed by atoms with Gasteiger partial charge >= 0.3 is 0 Å². The van der Waals surface area contributed by atoms with E-state index in [0.29, 0.717) is 17.9 Å². The van der Waals surface area contributed by atoms with E-state index >= 15 is 0 Å². The molecule has 44 heavy (non-hydrogen) atoms. The van der Waals surface area contributed by atoms with Crippen molar-refractivity contribution in [1.82, 2.24) is 20.2 Å². The third-order valence-corrected chi connectivity index (χ3v) is 8.80. The van der Waals surface area contributed by atoms with Crippen molar-refractivity contribution in [2.24, 2.45) is 0 Å². The molecular formula is C35H39N5O3S. The van der Waals surface area contributed by atoms with Gasteiger partial charge in [-0.3, -0.25) is 9.69 Å². The molecule has 0 bridgehead atoms. The molecule has 0 unspecified atom stereocenters. The summed E-state index contributed by atoms with van der Waals surface area (Å²) < 4.78 is 10.8. The van der Waals surface area contributed by atoms with E-state index in [-0.39, 0.29) is 18.1 Å². The molecule has 0 aliphatic carbocycles. The molecule has 8 nitrogen and oxygen atoms in total. The molecule has 0 atom stereocenters. The molecule has 4 aromatic rings. The van der Waals surface area contributed by atoms with Crippen LogP contribution in [-0.4, -0.2) is 53.7 Å². The Morgan fingerprint density at radius 2 is 1.57 bits per heavy atom. The molecule has 9 heteroatoms. The first-order chi connectivity index (χ1) is 21.3. The van der Waals surface area contributed by atoms with Gasteiger partial charge in [0, 0.05) is 62.1 Å². The predicted octanol–water partition coefficient (Wildman–Crippen LogP) is 6.05. The summed E-state index contributed by atoms with van der Waals surface area (Å²) in [5, 5.41) is 3.77. The lowest BCUT2D eigenvalue weighted by atomic mass is 9.92. The van der Waals surface area contributed by atoms with Gasteiger partial charge in [-0.2, -0.15) is 0 Å². The average Bonchev–Trinajstić information content (AvgIpc) is 3.51. The molecule has 3 heterocycles. The van der Waals surface area contributed by atoms with Gasteiger partial charge in [0.15, 0.2) is 16.7 Å². The normalized spacial score (nSPS) is 14.9. The first-order valence-electron chi connectivity index (χ1n) is 15.1. The lowest BCUT2D eigenvalue weighted by Gasteiger charge is -2.36. The van der Waals surface area contributed by atoms with Gasteiger partial charge in [0.1, 0.15) is 5.82 Å². The van der Waals surface area contributed by atoms with E-state index in [1.54, 1.807) is 11.8 Å². The molecule has 2 aliphatic heterocycles. The van der Waals surface area contributed by atoms with Gasteiger partial charge < -0.3 is 19.7 Å². The molecule has 0 spiro atoms. The second kappa shape index (κ2) is 13.3. The highest BCUT2D eigenvalue weighted by Gasteiger charge is 2.23. The standard InChI is InChI=1S/C35H39N5O3S/c1-35(2,3)31-20-32(40-17-15-39(16-18-40)22-25-7-5-4-6-8-25)38-34(37-31)44-23-26-9-12-28(13-10-26)33(41)36-21-27-11-14-29-30(19-27)43-24-42-29/h4-14,19-20H,15-18,21-24H2,1-3H3,(H,36,41). The van der Waals surface area contributed by atoms with E-state index in [1.807, 2.05) is 42.5 Å². The van der Waals surface area contributed by atoms with Crippen LogP contribution in [0.3, 0.4) is 0 Å². The Kier molecular flexibility index (Phi) is 9.04. The zero-order valence-electron chi connectivity index (χ0n) is 25.6. The van der Waals surface area contributed by atoms with Crippen molar-refractivity contribution in [2.75, 3.05) is 37.9 Å². The molecule has 6 rings (SSSR count). The maximum absolute atomic E-state index is 12.8. The molecule has 0 radical (unpaired) electrons. The van der Waals surface area contributed by atoms with Gasteiger partial charge in [0.2, 0.25) is 6.79 Å². The van der Waals surface area contributed by atoms with Crippen LogP contribution in [0.1, 0.15) is 53.5 Å². The first kappa shape index (κ1) is 30.0. The van der Waals surface area contributed by atoms with Crippen molar-refractivity contribution in [2.45, 2.75) is 50.2 Å². The number of anilines is 1. The van der Waals surface area contributed by atoms with Gasteiger partial charge in [0.05, 0.1) is 5.69 Å². The minimum Gasteiger partial charge on any atom is -0.454 e. The van der Waals surface area contributed by atoms with Gasteiger partial charge in [-0.1, -0.05) is 81.1 Å². The number of thioether (sulfide) groups is 1. The molecule has 1 N–H and O–H groups in total. The highest BCUT2D eigenvalue weighted by atomic mass is 32.2. The minimum absolute atomic E-state index is 0.0856. The molecule has 3 aromatic carbocycles. The van der Waals surface area contributed by atoms with E-state index in [0.717, 1.165) is 72.0 Å². The van der Waals surface area contributed by atoms with Crippen molar-refractivity contribution in [3.63, 3.8) is 0 Å². The zero-order valence-corrected chi connectivity index (χ0v) is 26.4. The number of rotatable bonds is 9. The number of hydrogen-bond donors (Lipinski definition) is 1. The van der Waals surface area contributed by atoms with Crippen molar-refractivity contribution >= 4 is 23.5 Å². The van der Waals surface area contributed by atoms with E-state index in [9.17, 15) is 4.79 Å². The Morgan fingerprint density at radius 3 is 2.32 bits per heavy atom. The first-order valence-corrected chi connectivity index (χ1v) is 16.1. The van der Waals surface area contributed by atoms with Crippen molar-refractivity contribution in [3.05, 3.63) is 107 Å². The molecule has 2 aliphatic rings. The molecule has 228 valence electrons. The zero-order chi connectivity index (χ0) is 30.5. The fraction of sp³-hybridized carbons (Fsp3) is 0.343. The summed E-state index contributed by atoms with van der Waals surface area (Å²) in [5.74, 6) is 3.05. The van der Waals surface area contributed by atoms with Crippen LogP contribution in [0.2, 0.25) is 0 Å². The van der Waals surface area contributed by atoms with Gasteiger partial charge in [-0.15, -0.1) is 0 Å². The largest absolute Gasteiger partial charge is 0.454 e. The van der Waals surface area contributed by atoms with Gasteiger partial charge in [-0.25, -0.2) is 9.97 Å². The lowest BCUT2D eigenvalue weighted by molar-refractivity contribution is 0.0951. The van der Waals surface area contributed by atoms with E-state index in [4.69, 9.17) is 19.4 Å². The van der Waals surface area contributed by atoms with Crippen LogP contribution in [0, 0.1) is 0 Å². The number of hydrogen-bond acceptors (Lipinski definition) is 8. The lowest BCUT2D eigenvalue weighted by Crippen LogP contribution is -2.46. The topological polar surface area (TPSA) is 79.8 Å². The molecule has 1 saturated heterocycles. The number of benzene rings is 3. The Morgan fingerprint density at radius 1 is 0.841 bits per heavy atom. The summed E-state index contributed by atoms with van der Waals surface area (Å²) in [6, 6.07) is 26.3. The second-order valence-corrected chi connectivity index (χ2v) is 13.2. The average molecular weight is 610 g/mol. The van der Waals surface area contributed by atoms with Crippen molar-refractivity contribution < 1.29 is 14.3 Å². The molecule has 1 amide bonds. The van der Waals surface area contributed by atoms with Crippen LogP contribution in [0.25, 0.3) is 0 Å². The van der Waals surface area contributed by atoms with Crippen LogP contribution < -0.4 is 19.7 Å². The second-order valence-electron chi connectivity index (χ2n) is 12.2. The molecule has 1 fully saturated rings. The SMILES string of the molecule is CC(C)(C)c1cc(N2CCN(Cc3ccccc3)CC2)nc(SCc2ccc(C(=O)NCc3ccc4c(c3)OCO4)cc2)n1. The maximum atomic E-state index is 12.8. The van der Waals surface area contributed by atoms with Crippen LogP contribution in [-0.2, 0) is 24.3 Å². The fourth-order valence-corrected chi connectivity index (χ4v) is 6.05. The summed E-state index contributed by atoms with van der Waals surface area (Å²) in [4.78, 5) is 27.6. The number of fused-ring (bicyclic) bond motifs is 1. The minimum atomic E-state index is -0.114. The van der Waals surface area contributed by atoms with E-state index < -0.39 is 0 Å². The summed E-state index contributed by atoms with van der Waals surface area (Å²) in [6.07, 6.45) is 0. The number of carbonyl (C=O) groups excluding carboxylic acids is 1. The highest BCUT2D eigenvalue weighted by Crippen LogP contribution is 2.32. The van der Waals surface area contributed by atoms with Crippen molar-refractivity contribution in [1.29, 1.82) is 0 Å². The summed E-state index contributed by atoms with van der Waals surface area (Å²) >= 11 is 1.63. The van der Waals surface area contributed by atoms with Crippen LogP contribution in [0.5, 0.6) is 11.5 Å². The summed E-state index contributed by atoms with van der Waals surface area (Å²) in [6.45, 7) is 12.1. The monoisotopic (exact) mass is 609 g/mol. The van der Waals surface area contributed by atoms with Crippen LogP contribution in [0.4, 0.5) is 5.82 Å². The number of ether oxygens (including phenoxy) is 2. The predicted molar refractivity (Wildman–Crippen MR) is 174 cm³/mol. The van der Waals surface area contributed by atoms with E-state index in [1.165, 1.54) is 5.56 Å². The Balaban J connectivity index is 1.05. The Hall–Kier alpha value is -4.08. The Bertz CT molecular complexity index is 1580. The maximum Gasteiger partial charge on any atom is 0.251 e. The number of carbonyl (C=O) groups is 1. The van der Waals surface area contributed by atoms with Crippen molar-refractivity contribution in [3.8, 4) is 11.5 Å². The summed E-state index contributed by atoms with van der Waals surface area (Å²) in [5.41, 5.74) is 5.01. The van der Waals surface area contributed by atoms with Gasteiger partial charge in [0.25, 0.3) is 5.91 Å². The number of nitrogens with zero attached hydrogens (tertiary/aromatic N) is 4. The third-order valence-electron chi connectivity index (χ3n) is 7.88. The van der Waals surface area contributed by atoms with Crippen LogP contribution >= 0.6 is 11.8 Å². The number of amides is 1. The number of nitrogens with one attached hydrogen (secondary N) is 1. The number of aromatic nitrogens is 2. The van der Waals surface area contributed by atoms with Crippen LogP contribution in [0.15, 0.2) is 84.0 Å². The molecule has 1 aromatic heterocycles. The fourth-order valence-electron chi connectivity index (χ4n) is 5.24. The van der Waals surface area contributed by atoms with E-state index in [2.05, 4.69) is 72.3 Å². The third kappa shape index (κ3) is 7.52. The smallest absolute Gasteiger partial charge is 0.251 e. The molecule has 0 saturated carbocycles. The number of piperazine rings is 1. The summed E-state index contributed by atoms with van der Waals surface area (Å²) in [7, 11) is 0. The molecular weight excluding hydrogens is 570 g/mol. The quantitative estimate of drug-likeness (QED) is 0.182.